The average Bonchev–Trinajstić information content (AvgIpc) is 3.56. The molecule has 4 aromatic rings. The zero-order valence-corrected chi connectivity index (χ0v) is 34.2. The number of amides is 4. The highest BCUT2D eigenvalue weighted by molar-refractivity contribution is 5.87. The maximum atomic E-state index is 15.5. The molecule has 15 heteroatoms. The summed E-state index contributed by atoms with van der Waals surface area (Å²) < 4.78 is 25.0. The van der Waals surface area contributed by atoms with Gasteiger partial charge in [-0.1, -0.05) is 89.1 Å². The summed E-state index contributed by atoms with van der Waals surface area (Å²) in [5.74, 6) is 0.181. The van der Waals surface area contributed by atoms with Crippen molar-refractivity contribution >= 4 is 24.0 Å². The Morgan fingerprint density at radius 2 is 1.36 bits per heavy atom. The molecule has 5 atom stereocenters. The van der Waals surface area contributed by atoms with E-state index in [0.29, 0.717) is 36.0 Å². The lowest BCUT2D eigenvalue weighted by Gasteiger charge is -2.32. The number of carbonyl (C=O) groups is 4. The van der Waals surface area contributed by atoms with Gasteiger partial charge in [0.2, 0.25) is 17.8 Å². The number of rotatable bonds is 15. The van der Waals surface area contributed by atoms with Crippen molar-refractivity contribution in [2.75, 3.05) is 14.2 Å². The lowest BCUT2D eigenvalue weighted by atomic mass is 10.0. The van der Waals surface area contributed by atoms with Crippen molar-refractivity contribution in [1.82, 2.24) is 40.8 Å². The molecule has 1 saturated carbocycles. The van der Waals surface area contributed by atoms with E-state index in [1.54, 1.807) is 11.1 Å². The predicted molar refractivity (Wildman–Crippen MR) is 216 cm³/mol. The van der Waals surface area contributed by atoms with E-state index in [4.69, 9.17) is 9.47 Å². The highest BCUT2D eigenvalue weighted by atomic mass is 19.1. The Kier molecular flexibility index (Phi) is 13.2. The van der Waals surface area contributed by atoms with Crippen LogP contribution in [0.25, 0.3) is 33.6 Å². The molecular formula is C43H55FN8O6. The quantitative estimate of drug-likeness (QED) is 0.0823. The third kappa shape index (κ3) is 9.68. The first-order chi connectivity index (χ1) is 27.8. The predicted octanol–water partition coefficient (Wildman–Crippen LogP) is 7.43. The summed E-state index contributed by atoms with van der Waals surface area (Å²) in [7, 11) is 2.52. The minimum atomic E-state index is -0.802. The average molecular weight is 799 g/mol. The Hall–Kier alpha value is -5.73. The van der Waals surface area contributed by atoms with E-state index in [1.807, 2.05) is 83.1 Å². The maximum Gasteiger partial charge on any atom is 0.407 e. The first kappa shape index (κ1) is 41.9. The van der Waals surface area contributed by atoms with Gasteiger partial charge in [0.25, 0.3) is 0 Å². The first-order valence-corrected chi connectivity index (χ1v) is 20.1. The molecule has 1 saturated heterocycles. The van der Waals surface area contributed by atoms with Gasteiger partial charge in [0.1, 0.15) is 29.4 Å². The topological polar surface area (TPSA) is 183 Å². The lowest BCUT2D eigenvalue weighted by molar-refractivity contribution is -0.137. The van der Waals surface area contributed by atoms with Gasteiger partial charge in [0, 0.05) is 11.6 Å². The fourth-order valence-corrected chi connectivity index (χ4v) is 7.59. The summed E-state index contributed by atoms with van der Waals surface area (Å²) in [5.41, 5.74) is 4.36. The van der Waals surface area contributed by atoms with Crippen molar-refractivity contribution in [3.05, 3.63) is 72.3 Å². The Morgan fingerprint density at radius 3 is 1.93 bits per heavy atom. The largest absolute Gasteiger partial charge is 0.453 e. The van der Waals surface area contributed by atoms with Crippen LogP contribution < -0.4 is 16.0 Å². The Bertz CT molecular complexity index is 2060. The van der Waals surface area contributed by atoms with Gasteiger partial charge in [-0.3, -0.25) is 9.59 Å². The number of aromatic amines is 2. The second-order valence-corrected chi connectivity index (χ2v) is 16.1. The number of likely N-dealkylation sites (tertiary alicyclic amines) is 1. The van der Waals surface area contributed by atoms with E-state index in [2.05, 4.69) is 35.9 Å². The van der Waals surface area contributed by atoms with Crippen LogP contribution >= 0.6 is 0 Å². The molecule has 1 aliphatic heterocycles. The molecule has 310 valence electrons. The third-order valence-corrected chi connectivity index (χ3v) is 11.2. The van der Waals surface area contributed by atoms with E-state index < -0.39 is 36.3 Å². The molecule has 0 spiro atoms. The van der Waals surface area contributed by atoms with E-state index in [0.717, 1.165) is 35.2 Å². The minimum Gasteiger partial charge on any atom is -0.453 e. The number of imidazole rings is 2. The van der Waals surface area contributed by atoms with Crippen molar-refractivity contribution in [3.8, 4) is 33.6 Å². The molecule has 14 nitrogen and oxygen atoms in total. The van der Waals surface area contributed by atoms with Crippen LogP contribution in [0.1, 0.15) is 96.9 Å². The number of nitrogens with one attached hydrogen (secondary N) is 5. The molecule has 1 aliphatic carbocycles. The number of hydrogen-bond acceptors (Lipinski definition) is 8. The van der Waals surface area contributed by atoms with Gasteiger partial charge in [-0.15, -0.1) is 0 Å². The number of halogens is 1. The van der Waals surface area contributed by atoms with E-state index in [1.165, 1.54) is 27.1 Å². The van der Waals surface area contributed by atoms with Crippen molar-refractivity contribution in [1.29, 1.82) is 0 Å². The molecule has 0 bridgehead atoms. The number of benzene rings is 2. The summed E-state index contributed by atoms with van der Waals surface area (Å²) in [5, 5.41) is 8.41. The SMILES string of the molecule is COC(=O)N[C@H](C(=O)N[C@@H](CCC1CC1)c1ncc(-c2ccc(-c3ccc(-c4nc([C@@H]5CC[C@H](C)N5C(=O)[C@@H](NC(=O)OC)C(C)C)[nH]c4F)cc3)cc2)[nH]1)C(C)C. The first-order valence-electron chi connectivity index (χ1n) is 20.1. The lowest BCUT2D eigenvalue weighted by Crippen LogP contribution is -2.52. The second-order valence-electron chi connectivity index (χ2n) is 16.1. The van der Waals surface area contributed by atoms with Crippen LogP contribution in [0.2, 0.25) is 0 Å². The summed E-state index contributed by atoms with van der Waals surface area (Å²) in [6.45, 7) is 9.37. The Morgan fingerprint density at radius 1 is 0.793 bits per heavy atom. The van der Waals surface area contributed by atoms with Crippen LogP contribution in [0.15, 0.2) is 54.7 Å². The third-order valence-electron chi connectivity index (χ3n) is 11.2. The zero-order chi connectivity index (χ0) is 41.7. The molecule has 2 aliphatic rings. The van der Waals surface area contributed by atoms with Crippen molar-refractivity contribution in [3.63, 3.8) is 0 Å². The van der Waals surface area contributed by atoms with Gasteiger partial charge in [0.15, 0.2) is 0 Å². The summed E-state index contributed by atoms with van der Waals surface area (Å²) >= 11 is 0. The number of carbonyl (C=O) groups excluding carboxylic acids is 4. The molecule has 0 radical (unpaired) electrons. The van der Waals surface area contributed by atoms with Crippen molar-refractivity contribution in [2.24, 2.45) is 17.8 Å². The standard InChI is InChI=1S/C43H55FN8O6/c1-23(2)34(49-42(55)57-6)40(53)47-31(20-11-26-9-10-26)38-45-22-32(46-38)29-16-12-27(13-17-29)28-14-18-30(19-15-28)36-37(44)51-39(48-36)33-21-8-25(5)52(33)41(54)35(24(3)4)50-43(56)58-7/h12-19,22-26,31,33-35H,8-11,20-21H2,1-7H3,(H,45,46)(H,47,53)(H,48,51)(H,49,55)(H,50,56)/t25-,31-,33-,34-,35-/m0/s1. The molecule has 58 heavy (non-hydrogen) atoms. The number of hydrogen-bond donors (Lipinski definition) is 5. The molecule has 0 unspecified atom stereocenters. The normalized spacial score (nSPS) is 18.1. The van der Waals surface area contributed by atoms with Crippen LogP contribution in [-0.4, -0.2) is 81.2 Å². The molecule has 5 N–H and O–H groups in total. The molecule has 2 aromatic carbocycles. The number of methoxy groups -OCH3 is 2. The molecule has 2 aromatic heterocycles. The van der Waals surface area contributed by atoms with Crippen LogP contribution in [0, 0.1) is 23.7 Å². The second kappa shape index (κ2) is 18.2. The number of nitrogens with zero attached hydrogens (tertiary/aromatic N) is 3. The van der Waals surface area contributed by atoms with Gasteiger partial charge < -0.3 is 40.3 Å². The molecule has 4 amide bonds. The van der Waals surface area contributed by atoms with Crippen LogP contribution in [0.3, 0.4) is 0 Å². The van der Waals surface area contributed by atoms with Crippen molar-refractivity contribution < 1.29 is 33.0 Å². The van der Waals surface area contributed by atoms with Gasteiger partial charge in [-0.2, -0.15) is 4.39 Å². The van der Waals surface area contributed by atoms with Crippen LogP contribution in [0.5, 0.6) is 0 Å². The number of ether oxygens (including phenoxy) is 2. The van der Waals surface area contributed by atoms with Gasteiger partial charge in [-0.25, -0.2) is 19.6 Å². The number of aromatic nitrogens is 4. The van der Waals surface area contributed by atoms with Gasteiger partial charge >= 0.3 is 12.2 Å². The summed E-state index contributed by atoms with van der Waals surface area (Å²) in [4.78, 5) is 68.3. The number of H-pyrrole nitrogens is 2. The Balaban J connectivity index is 1.14. The van der Waals surface area contributed by atoms with E-state index >= 15 is 4.39 Å². The monoisotopic (exact) mass is 798 g/mol. The molecule has 2 fully saturated rings. The Labute approximate surface area is 338 Å². The fraction of sp³-hybridized carbons (Fsp3) is 0.488. The van der Waals surface area contributed by atoms with Crippen LogP contribution in [0.4, 0.5) is 14.0 Å². The maximum absolute atomic E-state index is 15.5. The molecule has 3 heterocycles. The summed E-state index contributed by atoms with van der Waals surface area (Å²) in [6, 6.07) is 13.0. The van der Waals surface area contributed by atoms with E-state index in [9.17, 15) is 19.2 Å². The van der Waals surface area contributed by atoms with Crippen LogP contribution in [-0.2, 0) is 19.1 Å². The minimum absolute atomic E-state index is 0.127. The smallest absolute Gasteiger partial charge is 0.407 e. The highest BCUT2D eigenvalue weighted by Gasteiger charge is 2.41. The van der Waals surface area contributed by atoms with Gasteiger partial charge in [-0.05, 0) is 67.1 Å². The van der Waals surface area contributed by atoms with Gasteiger partial charge in [0.05, 0.1) is 38.2 Å². The zero-order valence-electron chi connectivity index (χ0n) is 34.2. The fourth-order valence-electron chi connectivity index (χ4n) is 7.59. The van der Waals surface area contributed by atoms with Crippen molar-refractivity contribution in [2.45, 2.75) is 103 Å². The summed E-state index contributed by atoms with van der Waals surface area (Å²) in [6.07, 6.45) is 5.80. The molecular weight excluding hydrogens is 744 g/mol. The highest BCUT2D eigenvalue weighted by Crippen LogP contribution is 2.38. The molecule has 6 rings (SSSR count). The van der Waals surface area contributed by atoms with E-state index in [-0.39, 0.29) is 41.4 Å². The number of alkyl carbamates (subject to hydrolysis) is 2.